The second-order valence-corrected chi connectivity index (χ2v) is 5.31. The minimum Gasteiger partial charge on any atom is -0.313 e. The van der Waals surface area contributed by atoms with Crippen LogP contribution in [0, 0.1) is 11.7 Å². The van der Waals surface area contributed by atoms with Crippen LogP contribution in [0.3, 0.4) is 0 Å². The molecule has 2 atom stereocenters. The average Bonchev–Trinajstić information content (AvgIpc) is 2.37. The molecule has 0 heterocycles. The van der Waals surface area contributed by atoms with Crippen molar-refractivity contribution < 1.29 is 4.39 Å². The van der Waals surface area contributed by atoms with Crippen molar-refractivity contribution in [3.05, 3.63) is 34.6 Å². The Morgan fingerprint density at radius 1 is 1.33 bits per heavy atom. The quantitative estimate of drug-likeness (QED) is 0.773. The number of nitrogens with one attached hydrogen (secondary N) is 1. The molecule has 0 fully saturated rings. The average molecular weight is 272 g/mol. The molecule has 1 aromatic carbocycles. The van der Waals surface area contributed by atoms with Crippen LogP contribution in [0.25, 0.3) is 0 Å². The third-order valence-electron chi connectivity index (χ3n) is 3.43. The van der Waals surface area contributed by atoms with E-state index in [0.717, 1.165) is 31.4 Å². The molecule has 0 amide bonds. The van der Waals surface area contributed by atoms with Crippen molar-refractivity contribution in [1.82, 2.24) is 5.32 Å². The fourth-order valence-electron chi connectivity index (χ4n) is 2.01. The van der Waals surface area contributed by atoms with Crippen molar-refractivity contribution in [2.75, 3.05) is 6.54 Å². The van der Waals surface area contributed by atoms with Crippen LogP contribution in [-0.2, 0) is 6.42 Å². The van der Waals surface area contributed by atoms with Gasteiger partial charge in [0.05, 0.1) is 5.02 Å². The molecular formula is C15H23ClFN. The summed E-state index contributed by atoms with van der Waals surface area (Å²) in [7, 11) is 0. The maximum atomic E-state index is 13.4. The first-order valence-corrected chi connectivity index (χ1v) is 7.13. The molecule has 0 spiro atoms. The lowest BCUT2D eigenvalue weighted by molar-refractivity contribution is 0.364. The second-order valence-electron chi connectivity index (χ2n) is 4.90. The van der Waals surface area contributed by atoms with Crippen molar-refractivity contribution in [3.63, 3.8) is 0 Å². The van der Waals surface area contributed by atoms with Crippen LogP contribution < -0.4 is 5.32 Å². The van der Waals surface area contributed by atoms with Crippen molar-refractivity contribution in [2.24, 2.45) is 5.92 Å². The van der Waals surface area contributed by atoms with E-state index >= 15 is 0 Å². The van der Waals surface area contributed by atoms with Gasteiger partial charge in [-0.2, -0.15) is 0 Å². The number of hydrogen-bond donors (Lipinski definition) is 1. The summed E-state index contributed by atoms with van der Waals surface area (Å²) in [6.45, 7) is 7.58. The molecule has 0 saturated carbocycles. The zero-order chi connectivity index (χ0) is 13.5. The van der Waals surface area contributed by atoms with E-state index in [-0.39, 0.29) is 10.8 Å². The van der Waals surface area contributed by atoms with Gasteiger partial charge in [0.25, 0.3) is 0 Å². The van der Waals surface area contributed by atoms with Crippen LogP contribution in [0.4, 0.5) is 4.39 Å². The summed E-state index contributed by atoms with van der Waals surface area (Å²) < 4.78 is 13.4. The van der Waals surface area contributed by atoms with Crippen LogP contribution in [0.15, 0.2) is 18.2 Å². The third-order valence-corrected chi connectivity index (χ3v) is 3.73. The Hall–Kier alpha value is -0.600. The van der Waals surface area contributed by atoms with Gasteiger partial charge in [-0.05, 0) is 43.0 Å². The molecule has 2 unspecified atom stereocenters. The molecule has 0 saturated heterocycles. The maximum Gasteiger partial charge on any atom is 0.142 e. The molecule has 0 bridgehead atoms. The largest absolute Gasteiger partial charge is 0.313 e. The van der Waals surface area contributed by atoms with E-state index < -0.39 is 0 Å². The van der Waals surface area contributed by atoms with E-state index in [0.29, 0.717) is 12.0 Å². The standard InChI is InChI=1S/C15H23ClFN/c1-4-8-18-15(11(3)5-2)10-12-6-7-13(16)14(17)9-12/h6-7,9,11,15,18H,4-5,8,10H2,1-3H3. The van der Waals surface area contributed by atoms with E-state index in [1.807, 2.05) is 6.07 Å². The molecule has 0 aliphatic rings. The Morgan fingerprint density at radius 2 is 2.06 bits per heavy atom. The van der Waals surface area contributed by atoms with Crippen molar-refractivity contribution >= 4 is 11.6 Å². The first-order chi connectivity index (χ1) is 8.58. The van der Waals surface area contributed by atoms with Gasteiger partial charge in [0.1, 0.15) is 5.82 Å². The molecule has 1 rings (SSSR count). The van der Waals surface area contributed by atoms with E-state index in [4.69, 9.17) is 11.6 Å². The maximum absolute atomic E-state index is 13.4. The monoisotopic (exact) mass is 271 g/mol. The number of benzene rings is 1. The summed E-state index contributed by atoms with van der Waals surface area (Å²) in [6, 6.07) is 5.50. The summed E-state index contributed by atoms with van der Waals surface area (Å²) in [5.41, 5.74) is 1.01. The van der Waals surface area contributed by atoms with Gasteiger partial charge in [0.2, 0.25) is 0 Å². The number of rotatable bonds is 7. The molecule has 3 heteroatoms. The van der Waals surface area contributed by atoms with Crippen LogP contribution in [-0.4, -0.2) is 12.6 Å². The van der Waals surface area contributed by atoms with Crippen LogP contribution >= 0.6 is 11.6 Å². The predicted octanol–water partition coefficient (Wildman–Crippen LogP) is 4.44. The highest BCUT2D eigenvalue weighted by molar-refractivity contribution is 6.30. The van der Waals surface area contributed by atoms with Gasteiger partial charge in [0.15, 0.2) is 0 Å². The minimum atomic E-state index is -0.326. The van der Waals surface area contributed by atoms with Crippen LogP contribution in [0.5, 0.6) is 0 Å². The van der Waals surface area contributed by atoms with Crippen LogP contribution in [0.2, 0.25) is 5.02 Å². The highest BCUT2D eigenvalue weighted by Gasteiger charge is 2.16. The SMILES string of the molecule is CCCNC(Cc1ccc(Cl)c(F)c1)C(C)CC. The lowest BCUT2D eigenvalue weighted by atomic mass is 9.93. The van der Waals surface area contributed by atoms with Gasteiger partial charge >= 0.3 is 0 Å². The number of halogens is 2. The van der Waals surface area contributed by atoms with E-state index in [1.54, 1.807) is 12.1 Å². The first-order valence-electron chi connectivity index (χ1n) is 6.75. The highest BCUT2D eigenvalue weighted by Crippen LogP contribution is 2.19. The topological polar surface area (TPSA) is 12.0 Å². The van der Waals surface area contributed by atoms with Gasteiger partial charge in [-0.1, -0.05) is 44.9 Å². The number of hydrogen-bond acceptors (Lipinski definition) is 1. The molecule has 102 valence electrons. The zero-order valence-corrected chi connectivity index (χ0v) is 12.2. The Balaban J connectivity index is 2.71. The fraction of sp³-hybridized carbons (Fsp3) is 0.600. The Kier molecular flexibility index (Phi) is 6.66. The summed E-state index contributed by atoms with van der Waals surface area (Å²) in [5, 5.41) is 3.74. The molecule has 0 radical (unpaired) electrons. The van der Waals surface area contributed by atoms with Gasteiger partial charge in [0, 0.05) is 6.04 Å². The van der Waals surface area contributed by atoms with E-state index in [1.165, 1.54) is 0 Å². The molecule has 1 aromatic rings. The highest BCUT2D eigenvalue weighted by atomic mass is 35.5. The fourth-order valence-corrected chi connectivity index (χ4v) is 2.13. The molecular weight excluding hydrogens is 249 g/mol. The molecule has 1 nitrogen and oxygen atoms in total. The predicted molar refractivity (Wildman–Crippen MR) is 76.7 cm³/mol. The molecule has 1 N–H and O–H groups in total. The summed E-state index contributed by atoms with van der Waals surface area (Å²) in [5.74, 6) is 0.253. The molecule has 0 aliphatic carbocycles. The van der Waals surface area contributed by atoms with Gasteiger partial charge < -0.3 is 5.32 Å². The molecule has 0 aromatic heterocycles. The summed E-state index contributed by atoms with van der Waals surface area (Å²) >= 11 is 5.70. The van der Waals surface area contributed by atoms with E-state index in [2.05, 4.69) is 26.1 Å². The second kappa shape index (κ2) is 7.75. The lowest BCUT2D eigenvalue weighted by Gasteiger charge is -2.24. The minimum absolute atomic E-state index is 0.195. The Labute approximate surface area is 115 Å². The first kappa shape index (κ1) is 15.5. The van der Waals surface area contributed by atoms with E-state index in [9.17, 15) is 4.39 Å². The van der Waals surface area contributed by atoms with Gasteiger partial charge in [-0.25, -0.2) is 4.39 Å². The Bertz CT molecular complexity index is 368. The summed E-state index contributed by atoms with van der Waals surface area (Å²) in [4.78, 5) is 0. The van der Waals surface area contributed by atoms with Gasteiger partial charge in [-0.15, -0.1) is 0 Å². The molecule has 18 heavy (non-hydrogen) atoms. The van der Waals surface area contributed by atoms with Crippen molar-refractivity contribution in [1.29, 1.82) is 0 Å². The smallest absolute Gasteiger partial charge is 0.142 e. The normalized spacial score (nSPS) is 14.5. The molecule has 0 aliphatic heterocycles. The van der Waals surface area contributed by atoms with Crippen molar-refractivity contribution in [3.8, 4) is 0 Å². The third kappa shape index (κ3) is 4.58. The van der Waals surface area contributed by atoms with Crippen LogP contribution in [0.1, 0.15) is 39.2 Å². The zero-order valence-electron chi connectivity index (χ0n) is 11.5. The van der Waals surface area contributed by atoms with Gasteiger partial charge in [-0.3, -0.25) is 0 Å². The lowest BCUT2D eigenvalue weighted by Crippen LogP contribution is -2.37. The summed E-state index contributed by atoms with van der Waals surface area (Å²) in [6.07, 6.45) is 3.09. The Morgan fingerprint density at radius 3 is 2.61 bits per heavy atom. The van der Waals surface area contributed by atoms with Crippen molar-refractivity contribution in [2.45, 2.75) is 46.1 Å².